The van der Waals surface area contributed by atoms with Crippen molar-refractivity contribution in [3.63, 3.8) is 0 Å². The van der Waals surface area contributed by atoms with Gasteiger partial charge in [-0.1, -0.05) is 44.9 Å². The molecule has 1 N–H and O–H groups in total. The van der Waals surface area contributed by atoms with Crippen LogP contribution in [-0.2, 0) is 11.2 Å². The van der Waals surface area contributed by atoms with E-state index in [4.69, 9.17) is 0 Å². The summed E-state index contributed by atoms with van der Waals surface area (Å²) in [7, 11) is 0. The molecule has 0 spiro atoms. The van der Waals surface area contributed by atoms with E-state index in [0.717, 1.165) is 12.8 Å². The van der Waals surface area contributed by atoms with Crippen LogP contribution >= 0.6 is 0 Å². The molecule has 0 fully saturated rings. The fourth-order valence-electron chi connectivity index (χ4n) is 1.71. The highest BCUT2D eigenvalue weighted by atomic mass is 19.1. The highest BCUT2D eigenvalue weighted by Crippen LogP contribution is 2.08. The maximum atomic E-state index is 13.3. The van der Waals surface area contributed by atoms with E-state index in [9.17, 15) is 9.18 Å². The summed E-state index contributed by atoms with van der Waals surface area (Å²) in [6, 6.07) is 6.39. The zero-order valence-electron chi connectivity index (χ0n) is 10.5. The van der Waals surface area contributed by atoms with Crippen molar-refractivity contribution in [2.45, 2.75) is 33.1 Å². The number of rotatable bonds is 6. The maximum Gasteiger partial charge on any atom is 0.224 e. The lowest BCUT2D eigenvalue weighted by Crippen LogP contribution is -2.30. The molecule has 3 heteroatoms. The smallest absolute Gasteiger partial charge is 0.224 e. The number of amides is 1. The second-order valence-electron chi connectivity index (χ2n) is 4.25. The quantitative estimate of drug-likeness (QED) is 0.809. The zero-order chi connectivity index (χ0) is 12.7. The van der Waals surface area contributed by atoms with Crippen molar-refractivity contribution in [1.29, 1.82) is 0 Å². The molecule has 0 heterocycles. The Morgan fingerprint density at radius 2 is 1.94 bits per heavy atom. The number of carbonyl (C=O) groups excluding carboxylic acids is 1. The molecule has 94 valence electrons. The van der Waals surface area contributed by atoms with Gasteiger partial charge in [-0.25, -0.2) is 4.39 Å². The number of nitrogens with one attached hydrogen (secondary N) is 1. The molecular formula is C14H20FNO. The van der Waals surface area contributed by atoms with Crippen LogP contribution in [0.3, 0.4) is 0 Å². The van der Waals surface area contributed by atoms with Gasteiger partial charge in [0.05, 0.1) is 6.42 Å². The number of hydrogen-bond acceptors (Lipinski definition) is 1. The van der Waals surface area contributed by atoms with Crippen LogP contribution in [-0.4, -0.2) is 12.5 Å². The molecule has 0 bridgehead atoms. The van der Waals surface area contributed by atoms with Crippen LogP contribution in [0.1, 0.15) is 32.3 Å². The molecule has 0 saturated carbocycles. The second kappa shape index (κ2) is 7.05. The zero-order valence-corrected chi connectivity index (χ0v) is 10.5. The third kappa shape index (κ3) is 4.55. The van der Waals surface area contributed by atoms with E-state index in [0.29, 0.717) is 18.0 Å². The molecule has 1 amide bonds. The van der Waals surface area contributed by atoms with E-state index in [1.54, 1.807) is 18.2 Å². The average Bonchev–Trinajstić information content (AvgIpc) is 2.33. The molecule has 0 unspecified atom stereocenters. The van der Waals surface area contributed by atoms with Crippen molar-refractivity contribution in [2.24, 2.45) is 5.92 Å². The minimum absolute atomic E-state index is 0.109. The number of halogens is 1. The average molecular weight is 237 g/mol. The Labute approximate surface area is 102 Å². The molecule has 0 aromatic heterocycles. The monoisotopic (exact) mass is 237 g/mol. The molecule has 0 saturated heterocycles. The molecule has 0 aliphatic heterocycles. The van der Waals surface area contributed by atoms with Gasteiger partial charge in [-0.15, -0.1) is 0 Å². The summed E-state index contributed by atoms with van der Waals surface area (Å²) in [4.78, 5) is 11.6. The van der Waals surface area contributed by atoms with Crippen LogP contribution < -0.4 is 5.32 Å². The minimum Gasteiger partial charge on any atom is -0.356 e. The van der Waals surface area contributed by atoms with Crippen LogP contribution in [0.5, 0.6) is 0 Å². The van der Waals surface area contributed by atoms with Gasteiger partial charge in [0.25, 0.3) is 0 Å². The molecule has 0 aliphatic carbocycles. The molecule has 2 nitrogen and oxygen atoms in total. The molecule has 17 heavy (non-hydrogen) atoms. The molecule has 1 aromatic carbocycles. The van der Waals surface area contributed by atoms with Gasteiger partial charge in [0.15, 0.2) is 0 Å². The third-order valence-electron chi connectivity index (χ3n) is 3.05. The molecule has 0 radical (unpaired) electrons. The highest BCUT2D eigenvalue weighted by Gasteiger charge is 2.09. The van der Waals surface area contributed by atoms with E-state index in [1.165, 1.54) is 6.07 Å². The van der Waals surface area contributed by atoms with Gasteiger partial charge in [-0.3, -0.25) is 4.79 Å². The number of carbonyl (C=O) groups is 1. The largest absolute Gasteiger partial charge is 0.356 e. The van der Waals surface area contributed by atoms with Gasteiger partial charge < -0.3 is 5.32 Å². The minimum atomic E-state index is -0.315. The fourth-order valence-corrected chi connectivity index (χ4v) is 1.71. The van der Waals surface area contributed by atoms with Gasteiger partial charge in [-0.2, -0.15) is 0 Å². The van der Waals surface area contributed by atoms with Crippen molar-refractivity contribution in [3.8, 4) is 0 Å². The lowest BCUT2D eigenvalue weighted by Gasteiger charge is -2.13. The van der Waals surface area contributed by atoms with Crippen molar-refractivity contribution in [1.82, 2.24) is 5.32 Å². The Morgan fingerprint density at radius 1 is 1.29 bits per heavy atom. The summed E-state index contributed by atoms with van der Waals surface area (Å²) in [6.07, 6.45) is 2.22. The predicted molar refractivity (Wildman–Crippen MR) is 67.2 cm³/mol. The van der Waals surface area contributed by atoms with Crippen LogP contribution in [0.2, 0.25) is 0 Å². The first-order valence-electron chi connectivity index (χ1n) is 6.17. The lowest BCUT2D eigenvalue weighted by atomic mass is 10.0. The molecule has 0 aliphatic rings. The predicted octanol–water partition coefficient (Wildman–Crippen LogP) is 2.92. The van der Waals surface area contributed by atoms with E-state index in [-0.39, 0.29) is 18.1 Å². The Kier molecular flexibility index (Phi) is 5.67. The van der Waals surface area contributed by atoms with Crippen LogP contribution in [0, 0.1) is 11.7 Å². The van der Waals surface area contributed by atoms with Crippen LogP contribution in [0.15, 0.2) is 24.3 Å². The maximum absolute atomic E-state index is 13.3. The van der Waals surface area contributed by atoms with E-state index < -0.39 is 0 Å². The second-order valence-corrected chi connectivity index (χ2v) is 4.25. The number of hydrogen-bond donors (Lipinski definition) is 1. The summed E-state index contributed by atoms with van der Waals surface area (Å²) >= 11 is 0. The first-order valence-corrected chi connectivity index (χ1v) is 6.17. The standard InChI is InChI=1S/C14H20FNO/c1-3-11(4-2)10-16-14(17)9-12-7-5-6-8-13(12)15/h5-8,11H,3-4,9-10H2,1-2H3,(H,16,17). The van der Waals surface area contributed by atoms with Gasteiger partial charge in [-0.05, 0) is 17.5 Å². The first-order chi connectivity index (χ1) is 8.17. The SMILES string of the molecule is CCC(CC)CNC(=O)Cc1ccccc1F. The summed E-state index contributed by atoms with van der Waals surface area (Å²) in [5, 5.41) is 2.85. The third-order valence-corrected chi connectivity index (χ3v) is 3.05. The van der Waals surface area contributed by atoms with Crippen LogP contribution in [0.25, 0.3) is 0 Å². The van der Waals surface area contributed by atoms with Gasteiger partial charge in [0.2, 0.25) is 5.91 Å². The first kappa shape index (κ1) is 13.7. The Morgan fingerprint density at radius 3 is 2.53 bits per heavy atom. The van der Waals surface area contributed by atoms with Gasteiger partial charge >= 0.3 is 0 Å². The van der Waals surface area contributed by atoms with Crippen molar-refractivity contribution >= 4 is 5.91 Å². The van der Waals surface area contributed by atoms with E-state index in [2.05, 4.69) is 19.2 Å². The Balaban J connectivity index is 2.42. The van der Waals surface area contributed by atoms with Gasteiger partial charge in [0.1, 0.15) is 5.82 Å². The topological polar surface area (TPSA) is 29.1 Å². The van der Waals surface area contributed by atoms with Crippen molar-refractivity contribution < 1.29 is 9.18 Å². The normalized spacial score (nSPS) is 10.6. The molecule has 0 atom stereocenters. The summed E-state index contributed by atoms with van der Waals surface area (Å²) < 4.78 is 13.3. The molecular weight excluding hydrogens is 217 g/mol. The number of benzene rings is 1. The van der Waals surface area contributed by atoms with Gasteiger partial charge in [0, 0.05) is 6.54 Å². The van der Waals surface area contributed by atoms with Crippen LogP contribution in [0.4, 0.5) is 4.39 Å². The molecule has 1 rings (SSSR count). The van der Waals surface area contributed by atoms with Crippen molar-refractivity contribution in [3.05, 3.63) is 35.6 Å². The molecule has 1 aromatic rings. The Hall–Kier alpha value is -1.38. The lowest BCUT2D eigenvalue weighted by molar-refractivity contribution is -0.120. The highest BCUT2D eigenvalue weighted by molar-refractivity contribution is 5.78. The fraction of sp³-hybridized carbons (Fsp3) is 0.500. The summed E-state index contributed by atoms with van der Waals surface area (Å²) in [5.74, 6) is 0.0896. The van der Waals surface area contributed by atoms with Crippen molar-refractivity contribution in [2.75, 3.05) is 6.54 Å². The Bertz CT molecular complexity index is 361. The summed E-state index contributed by atoms with van der Waals surface area (Å²) in [6.45, 7) is 4.90. The van der Waals surface area contributed by atoms with E-state index in [1.807, 2.05) is 0 Å². The van der Waals surface area contributed by atoms with E-state index >= 15 is 0 Å². The summed E-state index contributed by atoms with van der Waals surface area (Å²) in [5.41, 5.74) is 0.453.